The molecule has 1 N–H and O–H groups in total. The second-order valence-corrected chi connectivity index (χ2v) is 4.29. The van der Waals surface area contributed by atoms with Gasteiger partial charge in [0.2, 0.25) is 0 Å². The first-order valence-corrected chi connectivity index (χ1v) is 6.00. The van der Waals surface area contributed by atoms with E-state index in [0.717, 1.165) is 5.56 Å². The van der Waals surface area contributed by atoms with Crippen LogP contribution < -0.4 is 4.74 Å². The number of benzene rings is 2. The third-order valence-corrected chi connectivity index (χ3v) is 2.88. The summed E-state index contributed by atoms with van der Waals surface area (Å²) in [5.74, 6) is 0.945. The molecule has 0 radical (unpaired) electrons. The minimum absolute atomic E-state index is 0.127. The molecule has 4 nitrogen and oxygen atoms in total. The molecule has 0 saturated carbocycles. The van der Waals surface area contributed by atoms with Crippen LogP contribution >= 0.6 is 0 Å². The van der Waals surface area contributed by atoms with Crippen molar-refractivity contribution in [1.29, 1.82) is 10.5 Å². The summed E-state index contributed by atoms with van der Waals surface area (Å²) in [5.41, 5.74) is 2.37. The highest BCUT2D eigenvalue weighted by Crippen LogP contribution is 2.29. The summed E-state index contributed by atoms with van der Waals surface area (Å²) in [7, 11) is 0. The van der Waals surface area contributed by atoms with Gasteiger partial charge in [0.05, 0.1) is 23.8 Å². The molecule has 0 spiro atoms. The van der Waals surface area contributed by atoms with Crippen LogP contribution in [0.4, 0.5) is 0 Å². The normalized spacial score (nSPS) is 9.60. The van der Waals surface area contributed by atoms with Gasteiger partial charge in [0.15, 0.2) is 0 Å². The van der Waals surface area contributed by atoms with Crippen molar-refractivity contribution in [2.75, 3.05) is 0 Å². The fourth-order valence-electron chi connectivity index (χ4n) is 1.75. The summed E-state index contributed by atoms with van der Waals surface area (Å²) >= 11 is 0. The van der Waals surface area contributed by atoms with Gasteiger partial charge in [-0.05, 0) is 42.3 Å². The lowest BCUT2D eigenvalue weighted by Crippen LogP contribution is -1.93. The Labute approximate surface area is 117 Å². The van der Waals surface area contributed by atoms with E-state index in [0.29, 0.717) is 28.2 Å². The van der Waals surface area contributed by atoms with Crippen molar-refractivity contribution < 1.29 is 9.84 Å². The maximum absolute atomic E-state index is 9.12. The number of aliphatic hydroxyl groups is 1. The zero-order valence-corrected chi connectivity index (χ0v) is 10.9. The van der Waals surface area contributed by atoms with Crippen molar-refractivity contribution in [3.63, 3.8) is 0 Å². The molecule has 2 aromatic rings. The van der Waals surface area contributed by atoms with E-state index < -0.39 is 0 Å². The van der Waals surface area contributed by atoms with Crippen molar-refractivity contribution >= 4 is 0 Å². The van der Waals surface area contributed by atoms with Crippen LogP contribution in [0, 0.1) is 29.6 Å². The first kappa shape index (κ1) is 13.6. The quantitative estimate of drug-likeness (QED) is 0.924. The Morgan fingerprint density at radius 2 is 1.85 bits per heavy atom. The molecule has 0 unspecified atom stereocenters. The van der Waals surface area contributed by atoms with Crippen molar-refractivity contribution in [3.05, 3.63) is 58.7 Å². The zero-order valence-electron chi connectivity index (χ0n) is 10.9. The summed E-state index contributed by atoms with van der Waals surface area (Å²) in [6.07, 6.45) is 0. The van der Waals surface area contributed by atoms with E-state index in [1.165, 1.54) is 0 Å². The van der Waals surface area contributed by atoms with Crippen LogP contribution in [-0.2, 0) is 6.61 Å². The molecule has 0 saturated heterocycles. The Balaban J connectivity index is 2.40. The highest BCUT2D eigenvalue weighted by Gasteiger charge is 2.08. The minimum Gasteiger partial charge on any atom is -0.456 e. The summed E-state index contributed by atoms with van der Waals surface area (Å²) in [5, 5.41) is 27.1. The van der Waals surface area contributed by atoms with E-state index in [9.17, 15) is 0 Å². The van der Waals surface area contributed by atoms with Gasteiger partial charge >= 0.3 is 0 Å². The molecule has 0 heterocycles. The smallest absolute Gasteiger partial charge is 0.145 e. The maximum Gasteiger partial charge on any atom is 0.145 e. The molecule has 98 valence electrons. The molecule has 2 aromatic carbocycles. The van der Waals surface area contributed by atoms with Gasteiger partial charge in [0.1, 0.15) is 17.6 Å². The first-order valence-electron chi connectivity index (χ1n) is 6.00. The molecule has 0 bridgehead atoms. The Hall–Kier alpha value is -2.82. The number of aliphatic hydroxyl groups excluding tert-OH is 1. The lowest BCUT2D eigenvalue weighted by molar-refractivity contribution is 0.281. The largest absolute Gasteiger partial charge is 0.456 e. The van der Waals surface area contributed by atoms with Crippen LogP contribution in [0.5, 0.6) is 11.5 Å². The highest BCUT2D eigenvalue weighted by atomic mass is 16.5. The van der Waals surface area contributed by atoms with Gasteiger partial charge in [-0.2, -0.15) is 10.5 Å². The average Bonchev–Trinajstić information content (AvgIpc) is 2.49. The van der Waals surface area contributed by atoms with Crippen LogP contribution in [-0.4, -0.2) is 5.11 Å². The zero-order chi connectivity index (χ0) is 14.5. The predicted molar refractivity (Wildman–Crippen MR) is 73.0 cm³/mol. The monoisotopic (exact) mass is 264 g/mol. The van der Waals surface area contributed by atoms with Gasteiger partial charge in [0, 0.05) is 0 Å². The number of nitriles is 2. The third kappa shape index (κ3) is 2.77. The highest BCUT2D eigenvalue weighted by molar-refractivity contribution is 5.50. The standard InChI is InChI=1S/C16H12N2O2/c1-11-2-3-12(8-17)7-16(11)20-15-5-4-13(10-19)6-14(15)9-18/h2-7,19H,10H2,1H3. The molecular formula is C16H12N2O2. The van der Waals surface area contributed by atoms with Crippen molar-refractivity contribution in [2.45, 2.75) is 13.5 Å². The van der Waals surface area contributed by atoms with Crippen molar-refractivity contribution in [1.82, 2.24) is 0 Å². The maximum atomic E-state index is 9.12. The lowest BCUT2D eigenvalue weighted by Gasteiger charge is -2.11. The van der Waals surface area contributed by atoms with Gasteiger partial charge < -0.3 is 9.84 Å². The molecule has 0 aliphatic rings. The van der Waals surface area contributed by atoms with Gasteiger partial charge in [-0.15, -0.1) is 0 Å². The van der Waals surface area contributed by atoms with E-state index in [4.69, 9.17) is 20.4 Å². The number of ether oxygens (including phenoxy) is 1. The number of rotatable bonds is 3. The van der Waals surface area contributed by atoms with Crippen molar-refractivity contribution in [3.8, 4) is 23.6 Å². The van der Waals surface area contributed by atoms with E-state index >= 15 is 0 Å². The number of nitrogens with zero attached hydrogens (tertiary/aromatic N) is 2. The summed E-state index contributed by atoms with van der Waals surface area (Å²) in [6, 6.07) is 14.1. The van der Waals surface area contributed by atoms with Gasteiger partial charge in [0.25, 0.3) is 0 Å². The van der Waals surface area contributed by atoms with E-state index in [-0.39, 0.29) is 6.61 Å². The third-order valence-electron chi connectivity index (χ3n) is 2.88. The van der Waals surface area contributed by atoms with Crippen LogP contribution in [0.25, 0.3) is 0 Å². The van der Waals surface area contributed by atoms with Crippen molar-refractivity contribution in [2.24, 2.45) is 0 Å². The first-order chi connectivity index (χ1) is 9.67. The second-order valence-electron chi connectivity index (χ2n) is 4.29. The van der Waals surface area contributed by atoms with E-state index in [1.54, 1.807) is 36.4 Å². The topological polar surface area (TPSA) is 77.0 Å². The molecule has 0 atom stereocenters. The number of hydrogen-bond donors (Lipinski definition) is 1. The van der Waals surface area contributed by atoms with Gasteiger partial charge in [-0.1, -0.05) is 12.1 Å². The molecule has 4 heteroatoms. The lowest BCUT2D eigenvalue weighted by atomic mass is 10.1. The Kier molecular flexibility index (Phi) is 4.00. The molecule has 0 aliphatic carbocycles. The number of hydrogen-bond acceptors (Lipinski definition) is 4. The molecule has 20 heavy (non-hydrogen) atoms. The molecule has 0 aromatic heterocycles. The van der Waals surface area contributed by atoms with Crippen LogP contribution in [0.1, 0.15) is 22.3 Å². The van der Waals surface area contributed by atoms with Gasteiger partial charge in [-0.3, -0.25) is 0 Å². The Bertz CT molecular complexity index is 724. The molecular weight excluding hydrogens is 252 g/mol. The minimum atomic E-state index is -0.127. The van der Waals surface area contributed by atoms with Gasteiger partial charge in [-0.25, -0.2) is 0 Å². The summed E-state index contributed by atoms with van der Waals surface area (Å²) in [4.78, 5) is 0. The second kappa shape index (κ2) is 5.88. The fourth-order valence-corrected chi connectivity index (χ4v) is 1.75. The Morgan fingerprint density at radius 3 is 2.50 bits per heavy atom. The molecule has 2 rings (SSSR count). The fraction of sp³-hybridized carbons (Fsp3) is 0.125. The van der Waals surface area contributed by atoms with E-state index in [1.807, 2.05) is 19.1 Å². The molecule has 0 fully saturated rings. The van der Waals surface area contributed by atoms with Crippen LogP contribution in [0.2, 0.25) is 0 Å². The van der Waals surface area contributed by atoms with Crippen LogP contribution in [0.3, 0.4) is 0 Å². The Morgan fingerprint density at radius 1 is 1.05 bits per heavy atom. The van der Waals surface area contributed by atoms with Crippen LogP contribution in [0.15, 0.2) is 36.4 Å². The van der Waals surface area contributed by atoms with E-state index in [2.05, 4.69) is 0 Å². The predicted octanol–water partition coefficient (Wildman–Crippen LogP) is 3.02. The SMILES string of the molecule is Cc1ccc(C#N)cc1Oc1ccc(CO)cc1C#N. The number of aryl methyl sites for hydroxylation is 1. The summed E-state index contributed by atoms with van der Waals surface area (Å²) in [6.45, 7) is 1.74. The molecule has 0 amide bonds. The average molecular weight is 264 g/mol. The summed E-state index contributed by atoms with van der Waals surface area (Å²) < 4.78 is 5.72. The molecule has 0 aliphatic heterocycles.